The van der Waals surface area contributed by atoms with Crippen molar-refractivity contribution in [3.8, 4) is 5.75 Å². The number of nitrogens with zero attached hydrogens (tertiary/aromatic N) is 1. The van der Waals surface area contributed by atoms with Crippen molar-refractivity contribution < 1.29 is 19.1 Å². The number of benzene rings is 3. The average molecular weight is 691 g/mol. The van der Waals surface area contributed by atoms with E-state index < -0.39 is 28.9 Å². The zero-order chi connectivity index (χ0) is 28.8. The van der Waals surface area contributed by atoms with Gasteiger partial charge in [0, 0.05) is 36.6 Å². The molecule has 208 valence electrons. The van der Waals surface area contributed by atoms with Crippen LogP contribution in [0.5, 0.6) is 5.75 Å². The third-order valence-electron chi connectivity index (χ3n) is 6.70. The van der Waals surface area contributed by atoms with E-state index >= 15 is 0 Å². The summed E-state index contributed by atoms with van der Waals surface area (Å²) in [5.41, 5.74) is 1.55. The number of H-pyrrole nitrogens is 1. The van der Waals surface area contributed by atoms with Crippen LogP contribution in [-0.2, 0) is 14.4 Å². The van der Waals surface area contributed by atoms with Crippen LogP contribution in [0.25, 0.3) is 0 Å². The minimum atomic E-state index is -0.818. The van der Waals surface area contributed by atoms with Gasteiger partial charge in [0.25, 0.3) is 5.91 Å². The highest BCUT2D eigenvalue weighted by Crippen LogP contribution is 2.54. The number of halogens is 3. The van der Waals surface area contributed by atoms with E-state index in [-0.39, 0.29) is 17.4 Å². The molecule has 1 fully saturated rings. The molecule has 4 aromatic rings. The Kier molecular flexibility index (Phi) is 7.73. The number of thiazole rings is 1. The fourth-order valence-corrected chi connectivity index (χ4v) is 8.10. The van der Waals surface area contributed by atoms with Gasteiger partial charge in [0.05, 0.1) is 16.6 Å². The lowest BCUT2D eigenvalue weighted by Gasteiger charge is -2.31. The van der Waals surface area contributed by atoms with Gasteiger partial charge in [-0.2, -0.15) is 0 Å². The van der Waals surface area contributed by atoms with Crippen LogP contribution in [0.15, 0.2) is 81.0 Å². The maximum absolute atomic E-state index is 14.0. The van der Waals surface area contributed by atoms with Crippen LogP contribution in [0.1, 0.15) is 16.4 Å². The van der Waals surface area contributed by atoms with Crippen LogP contribution >= 0.6 is 62.2 Å². The number of hydrogen-bond acceptors (Lipinski definition) is 7. The van der Waals surface area contributed by atoms with Crippen molar-refractivity contribution in [3.05, 3.63) is 101 Å². The highest BCUT2D eigenvalue weighted by Gasteiger charge is 2.56. The van der Waals surface area contributed by atoms with Crippen molar-refractivity contribution in [2.45, 2.75) is 16.2 Å². The van der Waals surface area contributed by atoms with Gasteiger partial charge < -0.3 is 15.0 Å². The molecule has 0 radical (unpaired) electrons. The Hall–Kier alpha value is -3.09. The molecule has 3 aromatic carbocycles. The summed E-state index contributed by atoms with van der Waals surface area (Å²) in [6.45, 7) is -0.313. The van der Waals surface area contributed by atoms with E-state index in [9.17, 15) is 19.2 Å². The van der Waals surface area contributed by atoms with Gasteiger partial charge >= 0.3 is 4.87 Å². The van der Waals surface area contributed by atoms with E-state index in [1.54, 1.807) is 66.7 Å². The predicted molar refractivity (Wildman–Crippen MR) is 164 cm³/mol. The number of hydrogen-bond donors (Lipinski definition) is 2. The number of imide groups is 1. The molecule has 2 N–H and O–H groups in total. The molecule has 0 saturated carbocycles. The molecule has 1 aromatic heterocycles. The maximum atomic E-state index is 14.0. The van der Waals surface area contributed by atoms with Crippen molar-refractivity contribution in [2.24, 2.45) is 5.92 Å². The molecular weight excluding hydrogens is 673 g/mol. The highest BCUT2D eigenvalue weighted by molar-refractivity contribution is 9.10. The fourth-order valence-electron chi connectivity index (χ4n) is 4.96. The molecule has 3 amide bonds. The number of anilines is 2. The number of ether oxygens (including phenoxy) is 1. The van der Waals surface area contributed by atoms with E-state index in [0.717, 1.165) is 11.3 Å². The van der Waals surface area contributed by atoms with E-state index in [4.69, 9.17) is 27.9 Å². The summed E-state index contributed by atoms with van der Waals surface area (Å²) >= 11 is 17.6. The lowest BCUT2D eigenvalue weighted by atomic mass is 9.82. The molecule has 41 heavy (non-hydrogen) atoms. The van der Waals surface area contributed by atoms with Crippen molar-refractivity contribution >= 4 is 91.3 Å². The Bertz CT molecular complexity index is 1740. The van der Waals surface area contributed by atoms with Crippen molar-refractivity contribution in [1.29, 1.82) is 0 Å². The molecule has 3 atom stereocenters. The second-order valence-electron chi connectivity index (χ2n) is 9.26. The normalized spacial score (nSPS) is 19.6. The monoisotopic (exact) mass is 689 g/mol. The van der Waals surface area contributed by atoms with Gasteiger partial charge in [-0.1, -0.05) is 62.2 Å². The summed E-state index contributed by atoms with van der Waals surface area (Å²) in [4.78, 5) is 57.1. The van der Waals surface area contributed by atoms with Gasteiger partial charge in [-0.3, -0.25) is 19.2 Å². The number of carbonyl (C=O) groups is 3. The summed E-state index contributed by atoms with van der Waals surface area (Å²) in [7, 11) is 0. The highest BCUT2D eigenvalue weighted by atomic mass is 79.9. The molecule has 13 heteroatoms. The number of amides is 3. The maximum Gasteiger partial charge on any atom is 0.305 e. The van der Waals surface area contributed by atoms with Crippen LogP contribution < -0.4 is 19.8 Å². The van der Waals surface area contributed by atoms with E-state index in [1.165, 1.54) is 16.7 Å². The van der Waals surface area contributed by atoms with Crippen LogP contribution in [-0.4, -0.2) is 34.6 Å². The summed E-state index contributed by atoms with van der Waals surface area (Å²) in [5.74, 6) is -2.31. The number of thioether (sulfide) groups is 1. The van der Waals surface area contributed by atoms with Gasteiger partial charge in [-0.15, -0.1) is 0 Å². The quantitative estimate of drug-likeness (QED) is 0.229. The van der Waals surface area contributed by atoms with Crippen molar-refractivity contribution in [1.82, 2.24) is 4.98 Å². The van der Waals surface area contributed by atoms with Crippen LogP contribution in [0.2, 0.25) is 10.0 Å². The number of carbonyl (C=O) groups excluding carboxylic acids is 3. The largest absolute Gasteiger partial charge is 0.483 e. The van der Waals surface area contributed by atoms with E-state index in [2.05, 4.69) is 26.2 Å². The average Bonchev–Trinajstić information content (AvgIpc) is 3.44. The van der Waals surface area contributed by atoms with Gasteiger partial charge in [0.1, 0.15) is 11.0 Å². The van der Waals surface area contributed by atoms with Crippen LogP contribution in [0.3, 0.4) is 0 Å². The molecule has 0 bridgehead atoms. The first-order valence-electron chi connectivity index (χ1n) is 12.2. The van der Waals surface area contributed by atoms with Gasteiger partial charge in [0.2, 0.25) is 11.8 Å². The van der Waals surface area contributed by atoms with Gasteiger partial charge in [0.15, 0.2) is 6.61 Å². The minimum Gasteiger partial charge on any atom is -0.483 e. The molecule has 2 aliphatic heterocycles. The number of aromatic nitrogens is 1. The Morgan fingerprint density at radius 2 is 1.66 bits per heavy atom. The third-order valence-corrected chi connectivity index (χ3v) is 10.1. The second kappa shape index (κ2) is 11.3. The molecule has 3 heterocycles. The molecular formula is C28H18BrCl2N3O5S2. The topological polar surface area (TPSA) is 109 Å². The lowest BCUT2D eigenvalue weighted by molar-refractivity contribution is -0.122. The van der Waals surface area contributed by atoms with E-state index in [1.807, 2.05) is 0 Å². The zero-order valence-electron chi connectivity index (χ0n) is 20.7. The van der Waals surface area contributed by atoms with Gasteiger partial charge in [-0.05, 0) is 66.7 Å². The Labute approximate surface area is 260 Å². The molecule has 2 aliphatic rings. The Balaban J connectivity index is 1.36. The zero-order valence-corrected chi connectivity index (χ0v) is 25.5. The second-order valence-corrected chi connectivity index (χ2v) is 13.2. The summed E-state index contributed by atoms with van der Waals surface area (Å²) in [6.07, 6.45) is 0. The van der Waals surface area contributed by atoms with Crippen LogP contribution in [0.4, 0.5) is 11.4 Å². The third kappa shape index (κ3) is 5.44. The first-order chi connectivity index (χ1) is 19.7. The fraction of sp³-hybridized carbons (Fsp3) is 0.143. The van der Waals surface area contributed by atoms with Gasteiger partial charge in [-0.25, -0.2) is 4.90 Å². The molecule has 8 nitrogen and oxygen atoms in total. The first-order valence-corrected chi connectivity index (χ1v) is 15.4. The predicted octanol–water partition coefficient (Wildman–Crippen LogP) is 6.32. The Morgan fingerprint density at radius 3 is 2.37 bits per heavy atom. The van der Waals surface area contributed by atoms with Crippen molar-refractivity contribution in [2.75, 3.05) is 16.8 Å². The first kappa shape index (κ1) is 28.0. The molecule has 1 saturated heterocycles. The summed E-state index contributed by atoms with van der Waals surface area (Å²) in [5, 5.41) is 3.54. The smallest absolute Gasteiger partial charge is 0.305 e. The molecule has 3 unspecified atom stereocenters. The summed E-state index contributed by atoms with van der Waals surface area (Å²) in [6, 6.07) is 18.4. The molecule has 0 aliphatic carbocycles. The molecule has 0 spiro atoms. The molecule has 6 rings (SSSR count). The Morgan fingerprint density at radius 1 is 0.976 bits per heavy atom. The minimum absolute atomic E-state index is 0.290. The number of fused-ring (bicyclic) bond motifs is 2. The standard InChI is InChI=1S/C28H18BrCl2N3O5S2/c29-13-1-10-19(39-12-20(35)32-16-6-2-14(30)3-7-16)18(11-13)21-22-24(40-25-23(21)41-28(38)33-25)27(37)34(26(22)36)17-8-4-15(31)5-9-17/h1-11,21-22,24H,12H2,(H,32,35)(H,33,38). The lowest BCUT2D eigenvalue weighted by Crippen LogP contribution is -2.32. The number of nitrogens with one attached hydrogen (secondary N) is 2. The van der Waals surface area contributed by atoms with Crippen molar-refractivity contribution in [3.63, 3.8) is 0 Å². The number of rotatable bonds is 6. The van der Waals surface area contributed by atoms with Crippen LogP contribution in [0, 0.1) is 5.92 Å². The summed E-state index contributed by atoms with van der Waals surface area (Å²) < 4.78 is 6.69. The number of aromatic amines is 1. The SMILES string of the molecule is O=C(COc1ccc(Br)cc1C1c2sc(=O)[nH]c2SC2C(=O)N(c3ccc(Cl)cc3)C(=O)C21)Nc1ccc(Cl)cc1. The van der Waals surface area contributed by atoms with E-state index in [0.29, 0.717) is 47.1 Å².